The Morgan fingerprint density at radius 2 is 1.68 bits per heavy atom. The zero-order valence-corrected chi connectivity index (χ0v) is 13.6. The van der Waals surface area contributed by atoms with E-state index in [9.17, 15) is 4.79 Å². The fourth-order valence-electron chi connectivity index (χ4n) is 2.20. The van der Waals surface area contributed by atoms with E-state index < -0.39 is 0 Å². The molecule has 0 aliphatic carbocycles. The van der Waals surface area contributed by atoms with Crippen LogP contribution < -0.4 is 25.3 Å². The van der Waals surface area contributed by atoms with Gasteiger partial charge in [-0.2, -0.15) is 0 Å². The highest BCUT2D eigenvalue weighted by Gasteiger charge is 2.17. The van der Waals surface area contributed by atoms with Crippen molar-refractivity contribution in [2.75, 3.05) is 33.2 Å². The molecule has 0 heterocycles. The number of anilines is 1. The monoisotopic (exact) mass is 310 g/mol. The molecule has 3 N–H and O–H groups in total. The summed E-state index contributed by atoms with van der Waals surface area (Å²) in [4.78, 5) is 12.0. The second kappa shape index (κ2) is 9.89. The number of ether oxygens (including phenoxy) is 3. The van der Waals surface area contributed by atoms with Crippen molar-refractivity contribution in [1.29, 1.82) is 0 Å². The topological polar surface area (TPSA) is 82.8 Å². The fourth-order valence-corrected chi connectivity index (χ4v) is 2.20. The minimum Gasteiger partial charge on any atom is -0.493 e. The molecular formula is C16H26N2O4. The molecule has 1 rings (SSSR count). The second-order valence-electron chi connectivity index (χ2n) is 4.88. The molecule has 6 heteroatoms. The molecule has 6 nitrogen and oxygen atoms in total. The van der Waals surface area contributed by atoms with Gasteiger partial charge in [0.25, 0.3) is 0 Å². The summed E-state index contributed by atoms with van der Waals surface area (Å²) in [5, 5.41) is 2.85. The van der Waals surface area contributed by atoms with E-state index in [0.717, 1.165) is 25.7 Å². The number of carbonyl (C=O) groups excluding carboxylic acids is 1. The van der Waals surface area contributed by atoms with E-state index >= 15 is 0 Å². The molecule has 22 heavy (non-hydrogen) atoms. The molecule has 1 aromatic rings. The molecule has 0 spiro atoms. The summed E-state index contributed by atoms with van der Waals surface area (Å²) >= 11 is 0. The van der Waals surface area contributed by atoms with Crippen LogP contribution in [0, 0.1) is 0 Å². The maximum absolute atomic E-state index is 12.0. The van der Waals surface area contributed by atoms with Crippen molar-refractivity contribution in [2.45, 2.75) is 32.1 Å². The van der Waals surface area contributed by atoms with Crippen LogP contribution in [0.4, 0.5) is 5.69 Å². The summed E-state index contributed by atoms with van der Waals surface area (Å²) in [6, 6.07) is 3.48. The van der Waals surface area contributed by atoms with Crippen LogP contribution in [-0.2, 0) is 4.79 Å². The van der Waals surface area contributed by atoms with E-state index in [4.69, 9.17) is 19.9 Å². The average Bonchev–Trinajstić information content (AvgIpc) is 2.53. The number of benzene rings is 1. The lowest BCUT2D eigenvalue weighted by molar-refractivity contribution is -0.116. The first-order chi connectivity index (χ1) is 10.7. The highest BCUT2D eigenvalue weighted by molar-refractivity contribution is 5.93. The molecule has 1 aromatic carbocycles. The molecule has 0 saturated heterocycles. The minimum absolute atomic E-state index is 0.0433. The SMILES string of the molecule is COc1ccc(NC(=O)CCCCCCN)c(OC)c1OC. The highest BCUT2D eigenvalue weighted by Crippen LogP contribution is 2.42. The van der Waals surface area contributed by atoms with Crippen LogP contribution in [0.1, 0.15) is 32.1 Å². The molecule has 0 unspecified atom stereocenters. The lowest BCUT2D eigenvalue weighted by Gasteiger charge is -2.16. The molecule has 0 saturated carbocycles. The Morgan fingerprint density at radius 3 is 2.27 bits per heavy atom. The van der Waals surface area contributed by atoms with E-state index in [1.807, 2.05) is 0 Å². The molecule has 0 fully saturated rings. The van der Waals surface area contributed by atoms with Gasteiger partial charge in [-0.3, -0.25) is 4.79 Å². The number of methoxy groups -OCH3 is 3. The van der Waals surface area contributed by atoms with Gasteiger partial charge < -0.3 is 25.3 Å². The van der Waals surface area contributed by atoms with Gasteiger partial charge in [0.1, 0.15) is 0 Å². The summed E-state index contributed by atoms with van der Waals surface area (Å²) in [5.41, 5.74) is 6.02. The molecule has 124 valence electrons. The van der Waals surface area contributed by atoms with E-state index in [0.29, 0.717) is 35.9 Å². The van der Waals surface area contributed by atoms with Crippen LogP contribution >= 0.6 is 0 Å². The molecule has 1 amide bonds. The fraction of sp³-hybridized carbons (Fsp3) is 0.562. The second-order valence-corrected chi connectivity index (χ2v) is 4.88. The predicted octanol–water partition coefficient (Wildman–Crippen LogP) is 2.56. The van der Waals surface area contributed by atoms with Gasteiger partial charge in [0.15, 0.2) is 11.5 Å². The van der Waals surface area contributed by atoms with Crippen LogP contribution in [0.3, 0.4) is 0 Å². The summed E-state index contributed by atoms with van der Waals surface area (Å²) in [5.74, 6) is 1.43. The first kappa shape index (κ1) is 18.1. The van der Waals surface area contributed by atoms with Gasteiger partial charge in [0.05, 0.1) is 27.0 Å². The van der Waals surface area contributed by atoms with Gasteiger partial charge in [-0.1, -0.05) is 12.8 Å². The number of carbonyl (C=O) groups is 1. The minimum atomic E-state index is -0.0433. The van der Waals surface area contributed by atoms with Gasteiger partial charge in [-0.05, 0) is 31.5 Å². The Morgan fingerprint density at radius 1 is 1.00 bits per heavy atom. The van der Waals surface area contributed by atoms with Crippen molar-refractivity contribution in [1.82, 2.24) is 0 Å². The van der Waals surface area contributed by atoms with Crippen molar-refractivity contribution < 1.29 is 19.0 Å². The molecule has 0 atom stereocenters. The number of hydrogen-bond acceptors (Lipinski definition) is 5. The predicted molar refractivity (Wildman–Crippen MR) is 86.9 cm³/mol. The summed E-state index contributed by atoms with van der Waals surface area (Å²) in [6.07, 6.45) is 4.39. The first-order valence-corrected chi connectivity index (χ1v) is 7.46. The quantitative estimate of drug-likeness (QED) is 0.649. The molecule has 0 radical (unpaired) electrons. The lowest BCUT2D eigenvalue weighted by atomic mass is 10.1. The third-order valence-electron chi connectivity index (χ3n) is 3.34. The van der Waals surface area contributed by atoms with E-state index in [2.05, 4.69) is 5.32 Å². The van der Waals surface area contributed by atoms with Gasteiger partial charge in [0.2, 0.25) is 11.7 Å². The summed E-state index contributed by atoms with van der Waals surface area (Å²) in [7, 11) is 4.61. The van der Waals surface area contributed by atoms with Gasteiger partial charge in [0, 0.05) is 6.42 Å². The van der Waals surface area contributed by atoms with E-state index in [-0.39, 0.29) is 5.91 Å². The third kappa shape index (κ3) is 5.11. The van der Waals surface area contributed by atoms with E-state index in [1.54, 1.807) is 19.2 Å². The van der Waals surface area contributed by atoms with E-state index in [1.165, 1.54) is 14.2 Å². The maximum atomic E-state index is 12.0. The number of nitrogens with two attached hydrogens (primary N) is 1. The highest BCUT2D eigenvalue weighted by atomic mass is 16.5. The van der Waals surface area contributed by atoms with Crippen molar-refractivity contribution in [3.63, 3.8) is 0 Å². The van der Waals surface area contributed by atoms with Crippen LogP contribution in [0.25, 0.3) is 0 Å². The molecule has 0 aliphatic heterocycles. The molecule has 0 aromatic heterocycles. The Hall–Kier alpha value is -1.95. The molecule has 0 aliphatic rings. The number of nitrogens with one attached hydrogen (secondary N) is 1. The Balaban J connectivity index is 2.66. The van der Waals surface area contributed by atoms with Gasteiger partial charge >= 0.3 is 0 Å². The molecule has 0 bridgehead atoms. The molecular weight excluding hydrogens is 284 g/mol. The Labute approximate surface area is 131 Å². The van der Waals surface area contributed by atoms with Crippen molar-refractivity contribution >= 4 is 11.6 Å². The number of unbranched alkanes of at least 4 members (excludes halogenated alkanes) is 3. The summed E-state index contributed by atoms with van der Waals surface area (Å²) < 4.78 is 15.8. The number of amides is 1. The zero-order valence-electron chi connectivity index (χ0n) is 13.6. The van der Waals surface area contributed by atoms with Crippen molar-refractivity contribution in [2.24, 2.45) is 5.73 Å². The van der Waals surface area contributed by atoms with Crippen LogP contribution in [0.15, 0.2) is 12.1 Å². The average molecular weight is 310 g/mol. The normalized spacial score (nSPS) is 10.2. The van der Waals surface area contributed by atoms with Crippen molar-refractivity contribution in [3.8, 4) is 17.2 Å². The largest absolute Gasteiger partial charge is 0.493 e. The van der Waals surface area contributed by atoms with Crippen LogP contribution in [0.5, 0.6) is 17.2 Å². The number of hydrogen-bond donors (Lipinski definition) is 2. The lowest BCUT2D eigenvalue weighted by Crippen LogP contribution is -2.12. The van der Waals surface area contributed by atoms with Crippen molar-refractivity contribution in [3.05, 3.63) is 12.1 Å². The standard InChI is InChI=1S/C16H26N2O4/c1-20-13-10-9-12(15(21-2)16(13)22-3)18-14(19)8-6-4-5-7-11-17/h9-10H,4-8,11,17H2,1-3H3,(H,18,19). The van der Waals surface area contributed by atoms with Gasteiger partial charge in [-0.25, -0.2) is 0 Å². The zero-order chi connectivity index (χ0) is 16.4. The van der Waals surface area contributed by atoms with Crippen LogP contribution in [0.2, 0.25) is 0 Å². The smallest absolute Gasteiger partial charge is 0.224 e. The first-order valence-electron chi connectivity index (χ1n) is 7.46. The van der Waals surface area contributed by atoms with Crippen LogP contribution in [-0.4, -0.2) is 33.8 Å². The van der Waals surface area contributed by atoms with Gasteiger partial charge in [-0.15, -0.1) is 0 Å². The summed E-state index contributed by atoms with van der Waals surface area (Å²) in [6.45, 7) is 0.703. The third-order valence-corrected chi connectivity index (χ3v) is 3.34. The number of rotatable bonds is 10. The maximum Gasteiger partial charge on any atom is 0.224 e. The Kier molecular flexibility index (Phi) is 8.14. The Bertz CT molecular complexity index is 477.